The van der Waals surface area contributed by atoms with Crippen LogP contribution in [0.1, 0.15) is 26.7 Å². The molecule has 19 heavy (non-hydrogen) atoms. The fraction of sp³-hybridized carbons (Fsp3) is 0.600. The summed E-state index contributed by atoms with van der Waals surface area (Å²) in [5, 5.41) is 3.46. The van der Waals surface area contributed by atoms with Gasteiger partial charge in [0.2, 0.25) is 0 Å². The second-order valence-electron chi connectivity index (χ2n) is 4.93. The Balaban J connectivity index is 1.93. The molecule has 0 aromatic heterocycles. The lowest BCUT2D eigenvalue weighted by atomic mass is 9.99. The first-order chi connectivity index (χ1) is 9.24. The highest BCUT2D eigenvalue weighted by Crippen LogP contribution is 2.27. The van der Waals surface area contributed by atoms with Crippen molar-refractivity contribution in [2.24, 2.45) is 5.92 Å². The summed E-state index contributed by atoms with van der Waals surface area (Å²) in [6, 6.07) is 5.85. The van der Waals surface area contributed by atoms with E-state index in [-0.39, 0.29) is 0 Å². The van der Waals surface area contributed by atoms with Gasteiger partial charge in [-0.1, -0.05) is 6.92 Å². The summed E-state index contributed by atoms with van der Waals surface area (Å²) in [4.78, 5) is 0. The summed E-state index contributed by atoms with van der Waals surface area (Å²) in [7, 11) is 0. The van der Waals surface area contributed by atoms with Gasteiger partial charge in [0.15, 0.2) is 0 Å². The van der Waals surface area contributed by atoms with Crippen molar-refractivity contribution >= 4 is 11.4 Å². The summed E-state index contributed by atoms with van der Waals surface area (Å²) >= 11 is 0. The molecule has 0 aliphatic carbocycles. The van der Waals surface area contributed by atoms with Gasteiger partial charge < -0.3 is 20.5 Å². The van der Waals surface area contributed by atoms with E-state index in [9.17, 15) is 0 Å². The van der Waals surface area contributed by atoms with Crippen LogP contribution in [0.25, 0.3) is 0 Å². The number of hydrogen-bond acceptors (Lipinski definition) is 4. The molecule has 1 saturated heterocycles. The van der Waals surface area contributed by atoms with Crippen LogP contribution in [0.5, 0.6) is 5.75 Å². The van der Waals surface area contributed by atoms with E-state index in [2.05, 4.69) is 12.2 Å². The third-order valence-electron chi connectivity index (χ3n) is 3.63. The highest BCUT2D eigenvalue weighted by atomic mass is 16.5. The Morgan fingerprint density at radius 2 is 2.26 bits per heavy atom. The molecule has 1 aliphatic heterocycles. The average Bonchev–Trinajstić information content (AvgIpc) is 2.87. The van der Waals surface area contributed by atoms with Crippen LogP contribution in [-0.2, 0) is 4.74 Å². The van der Waals surface area contributed by atoms with Gasteiger partial charge in [-0.15, -0.1) is 0 Å². The maximum absolute atomic E-state index is 5.86. The molecule has 4 nitrogen and oxygen atoms in total. The van der Waals surface area contributed by atoms with Crippen LogP contribution in [0.4, 0.5) is 11.4 Å². The molecule has 0 radical (unpaired) electrons. The molecular formula is C15H24N2O2. The van der Waals surface area contributed by atoms with Crippen molar-refractivity contribution in [3.05, 3.63) is 18.2 Å². The normalized spacial score (nSPS) is 22.4. The first-order valence-electron chi connectivity index (χ1n) is 7.12. The Bertz CT molecular complexity index is 409. The quantitative estimate of drug-likeness (QED) is 0.776. The maximum Gasteiger partial charge on any atom is 0.144 e. The van der Waals surface area contributed by atoms with Gasteiger partial charge in [-0.25, -0.2) is 0 Å². The SMILES string of the molecule is CCOc1cc(NCC2CCOC2CC)ccc1N. The zero-order chi connectivity index (χ0) is 13.7. The van der Waals surface area contributed by atoms with E-state index in [1.54, 1.807) is 0 Å². The molecule has 1 aromatic carbocycles. The number of nitrogens with one attached hydrogen (secondary N) is 1. The smallest absolute Gasteiger partial charge is 0.144 e. The Morgan fingerprint density at radius 3 is 3.00 bits per heavy atom. The minimum atomic E-state index is 0.396. The highest BCUT2D eigenvalue weighted by molar-refractivity contribution is 5.61. The Hall–Kier alpha value is -1.42. The molecule has 2 atom stereocenters. The standard InChI is InChI=1S/C15H24N2O2/c1-3-14-11(7-8-19-14)10-17-12-5-6-13(16)15(9-12)18-4-2/h5-6,9,11,14,17H,3-4,7-8,10,16H2,1-2H3. The average molecular weight is 264 g/mol. The summed E-state index contributed by atoms with van der Waals surface area (Å²) < 4.78 is 11.2. The number of nitrogen functional groups attached to an aromatic ring is 1. The molecule has 0 saturated carbocycles. The van der Waals surface area contributed by atoms with Gasteiger partial charge in [0, 0.05) is 30.8 Å². The predicted octanol–water partition coefficient (Wildman–Crippen LogP) is 2.89. The van der Waals surface area contributed by atoms with Crippen molar-refractivity contribution in [1.82, 2.24) is 0 Å². The van der Waals surface area contributed by atoms with Crippen molar-refractivity contribution in [2.75, 3.05) is 30.8 Å². The first-order valence-corrected chi connectivity index (χ1v) is 7.12. The van der Waals surface area contributed by atoms with Gasteiger partial charge in [-0.05, 0) is 31.9 Å². The molecule has 106 valence electrons. The molecule has 2 rings (SSSR count). The minimum Gasteiger partial charge on any atom is -0.492 e. The summed E-state index contributed by atoms with van der Waals surface area (Å²) in [5.74, 6) is 1.35. The highest BCUT2D eigenvalue weighted by Gasteiger charge is 2.26. The van der Waals surface area contributed by atoms with Crippen molar-refractivity contribution in [3.8, 4) is 5.75 Å². The molecule has 1 aliphatic rings. The van der Waals surface area contributed by atoms with Crippen LogP contribution < -0.4 is 15.8 Å². The van der Waals surface area contributed by atoms with Crippen molar-refractivity contribution < 1.29 is 9.47 Å². The largest absolute Gasteiger partial charge is 0.492 e. The maximum atomic E-state index is 5.86. The number of benzene rings is 1. The Kier molecular flexibility index (Phi) is 4.91. The number of nitrogens with two attached hydrogens (primary N) is 1. The number of anilines is 2. The Morgan fingerprint density at radius 1 is 1.42 bits per heavy atom. The molecule has 1 heterocycles. The van der Waals surface area contributed by atoms with Gasteiger partial charge in [0.25, 0.3) is 0 Å². The van der Waals surface area contributed by atoms with E-state index in [4.69, 9.17) is 15.2 Å². The van der Waals surface area contributed by atoms with Crippen LogP contribution in [0, 0.1) is 5.92 Å². The van der Waals surface area contributed by atoms with E-state index in [1.165, 1.54) is 0 Å². The Labute approximate surface area is 115 Å². The zero-order valence-corrected chi connectivity index (χ0v) is 11.8. The third kappa shape index (κ3) is 3.53. The molecule has 2 unspecified atom stereocenters. The minimum absolute atomic E-state index is 0.396. The van der Waals surface area contributed by atoms with Gasteiger partial charge in [0.05, 0.1) is 18.4 Å². The van der Waals surface area contributed by atoms with Crippen LogP contribution >= 0.6 is 0 Å². The molecular weight excluding hydrogens is 240 g/mol. The summed E-state index contributed by atoms with van der Waals surface area (Å²) in [6.07, 6.45) is 2.62. The molecule has 0 spiro atoms. The van der Waals surface area contributed by atoms with Crippen molar-refractivity contribution in [2.45, 2.75) is 32.8 Å². The zero-order valence-electron chi connectivity index (χ0n) is 11.8. The first kappa shape index (κ1) is 14.0. The van der Waals surface area contributed by atoms with Gasteiger partial charge in [-0.3, -0.25) is 0 Å². The monoisotopic (exact) mass is 264 g/mol. The second-order valence-corrected chi connectivity index (χ2v) is 4.93. The lowest BCUT2D eigenvalue weighted by molar-refractivity contribution is 0.0900. The molecule has 4 heteroatoms. The van der Waals surface area contributed by atoms with Crippen LogP contribution in [0.3, 0.4) is 0 Å². The topological polar surface area (TPSA) is 56.5 Å². The van der Waals surface area contributed by atoms with Gasteiger partial charge in [0.1, 0.15) is 5.75 Å². The molecule has 0 amide bonds. The van der Waals surface area contributed by atoms with Gasteiger partial charge in [-0.2, -0.15) is 0 Å². The van der Waals surface area contributed by atoms with E-state index in [0.29, 0.717) is 24.3 Å². The fourth-order valence-electron chi connectivity index (χ4n) is 2.55. The second kappa shape index (κ2) is 6.66. The molecule has 3 N–H and O–H groups in total. The lowest BCUT2D eigenvalue weighted by Crippen LogP contribution is -2.22. The molecule has 1 fully saturated rings. The van der Waals surface area contributed by atoms with E-state index in [1.807, 2.05) is 25.1 Å². The van der Waals surface area contributed by atoms with Crippen LogP contribution in [0.15, 0.2) is 18.2 Å². The summed E-state index contributed by atoms with van der Waals surface area (Å²) in [6.45, 7) is 6.59. The number of rotatable bonds is 6. The fourth-order valence-corrected chi connectivity index (χ4v) is 2.55. The summed E-state index contributed by atoms with van der Waals surface area (Å²) in [5.41, 5.74) is 7.60. The van der Waals surface area contributed by atoms with E-state index >= 15 is 0 Å². The third-order valence-corrected chi connectivity index (χ3v) is 3.63. The number of ether oxygens (including phenoxy) is 2. The van der Waals surface area contributed by atoms with E-state index in [0.717, 1.165) is 37.4 Å². The van der Waals surface area contributed by atoms with E-state index < -0.39 is 0 Å². The molecule has 0 bridgehead atoms. The lowest BCUT2D eigenvalue weighted by Gasteiger charge is -2.18. The van der Waals surface area contributed by atoms with Gasteiger partial charge >= 0.3 is 0 Å². The van der Waals surface area contributed by atoms with Crippen molar-refractivity contribution in [3.63, 3.8) is 0 Å². The number of hydrogen-bond donors (Lipinski definition) is 2. The molecule has 1 aromatic rings. The predicted molar refractivity (Wildman–Crippen MR) is 78.7 cm³/mol. The van der Waals surface area contributed by atoms with Crippen LogP contribution in [-0.4, -0.2) is 25.9 Å². The van der Waals surface area contributed by atoms with Crippen molar-refractivity contribution in [1.29, 1.82) is 0 Å². The van der Waals surface area contributed by atoms with Crippen LogP contribution in [0.2, 0.25) is 0 Å².